The Bertz CT molecular complexity index is 1560. The normalized spacial score (nSPS) is 13.0. The van der Waals surface area contributed by atoms with Crippen molar-refractivity contribution in [2.75, 3.05) is 23.7 Å². The molecule has 0 saturated carbocycles. The van der Waals surface area contributed by atoms with Gasteiger partial charge in [-0.25, -0.2) is 9.59 Å². The van der Waals surface area contributed by atoms with E-state index in [9.17, 15) is 9.59 Å². The van der Waals surface area contributed by atoms with Gasteiger partial charge in [0.15, 0.2) is 0 Å². The van der Waals surface area contributed by atoms with Crippen molar-refractivity contribution in [3.8, 4) is 11.1 Å². The highest BCUT2D eigenvalue weighted by Gasteiger charge is 2.21. The van der Waals surface area contributed by atoms with Crippen LogP contribution < -0.4 is 21.3 Å². The molecule has 0 bridgehead atoms. The van der Waals surface area contributed by atoms with Gasteiger partial charge in [-0.3, -0.25) is 5.32 Å². The number of nitrogens with zero attached hydrogens (tertiary/aromatic N) is 1. The summed E-state index contributed by atoms with van der Waals surface area (Å²) in [5.74, 6) is -0.0831. The molecule has 0 radical (unpaired) electrons. The second-order valence-corrected chi connectivity index (χ2v) is 13.2. The molecule has 4 rings (SSSR count). The molecule has 11 heteroatoms. The van der Waals surface area contributed by atoms with E-state index in [1.165, 1.54) is 11.1 Å². The van der Waals surface area contributed by atoms with Crippen LogP contribution in [-0.2, 0) is 22.3 Å². The number of aliphatic imine (C=N–C) groups is 1. The number of anilines is 3. The molecule has 1 heterocycles. The predicted octanol–water partition coefficient (Wildman–Crippen LogP) is 8.32. The van der Waals surface area contributed by atoms with Crippen LogP contribution in [0.3, 0.4) is 0 Å². The minimum atomic E-state index is -0.844. The van der Waals surface area contributed by atoms with Crippen molar-refractivity contribution >= 4 is 58.4 Å². The lowest BCUT2D eigenvalue weighted by atomic mass is 9.97. The maximum absolute atomic E-state index is 12.4. The fourth-order valence-electron chi connectivity index (χ4n) is 4.56. The monoisotopic (exact) mass is 639 g/mol. The first-order chi connectivity index (χ1) is 20.7. The van der Waals surface area contributed by atoms with Gasteiger partial charge >= 0.3 is 12.2 Å². The van der Waals surface area contributed by atoms with Gasteiger partial charge in [0.2, 0.25) is 5.96 Å². The third-order valence-electron chi connectivity index (χ3n) is 6.37. The van der Waals surface area contributed by atoms with E-state index in [1.807, 2.05) is 18.2 Å². The number of halogens is 2. The quantitative estimate of drug-likeness (QED) is 0.126. The highest BCUT2D eigenvalue weighted by molar-refractivity contribution is 6.42. The Balaban J connectivity index is 1.56. The van der Waals surface area contributed by atoms with E-state index in [4.69, 9.17) is 32.7 Å². The molecule has 0 aromatic heterocycles. The average molecular weight is 641 g/mol. The van der Waals surface area contributed by atoms with Crippen molar-refractivity contribution in [2.24, 2.45) is 4.99 Å². The predicted molar refractivity (Wildman–Crippen MR) is 179 cm³/mol. The summed E-state index contributed by atoms with van der Waals surface area (Å²) in [6.45, 7) is 11.1. The summed E-state index contributed by atoms with van der Waals surface area (Å²) in [5.41, 5.74) is 5.78. The van der Waals surface area contributed by atoms with Crippen molar-refractivity contribution in [1.29, 1.82) is 0 Å². The topological polar surface area (TPSA) is 113 Å². The summed E-state index contributed by atoms with van der Waals surface area (Å²) in [4.78, 5) is 28.8. The number of hydrogen-bond donors (Lipinski definition) is 4. The Labute approximate surface area is 268 Å². The Morgan fingerprint density at radius 1 is 0.841 bits per heavy atom. The fraction of sp³-hybridized carbons (Fsp3) is 0.364. The zero-order chi connectivity index (χ0) is 32.1. The fourth-order valence-corrected chi connectivity index (χ4v) is 4.86. The first-order valence-corrected chi connectivity index (χ1v) is 15.2. The minimum Gasteiger partial charge on any atom is -0.444 e. The molecule has 234 valence electrons. The molecule has 0 saturated heterocycles. The van der Waals surface area contributed by atoms with Gasteiger partial charge in [0.1, 0.15) is 11.2 Å². The van der Waals surface area contributed by atoms with Crippen molar-refractivity contribution in [3.05, 3.63) is 75.8 Å². The SMILES string of the molecule is CC(C)(C)OC(=O)/N=C(\NCCNc1cc2c(cc1-c1ccc(Cl)c(Cl)c1)CCc1ccccc1N2)NC(=O)OC(C)(C)C. The zero-order valence-electron chi connectivity index (χ0n) is 25.9. The van der Waals surface area contributed by atoms with Crippen LogP contribution in [-0.4, -0.2) is 42.4 Å². The van der Waals surface area contributed by atoms with Gasteiger partial charge in [0.05, 0.1) is 10.0 Å². The van der Waals surface area contributed by atoms with Crippen molar-refractivity contribution in [3.63, 3.8) is 0 Å². The van der Waals surface area contributed by atoms with E-state index >= 15 is 0 Å². The molecule has 0 unspecified atom stereocenters. The third-order valence-corrected chi connectivity index (χ3v) is 7.11. The summed E-state index contributed by atoms with van der Waals surface area (Å²) in [6, 6.07) is 18.1. The molecule has 0 aliphatic carbocycles. The third kappa shape index (κ3) is 9.53. The highest BCUT2D eigenvalue weighted by Crippen LogP contribution is 2.39. The van der Waals surface area contributed by atoms with Crippen molar-refractivity contribution in [2.45, 2.75) is 65.6 Å². The minimum absolute atomic E-state index is 0.0831. The van der Waals surface area contributed by atoms with Crippen molar-refractivity contribution < 1.29 is 19.1 Å². The van der Waals surface area contributed by atoms with E-state index in [0.717, 1.165) is 41.0 Å². The number of nitrogens with one attached hydrogen (secondary N) is 4. The van der Waals surface area contributed by atoms with E-state index in [2.05, 4.69) is 56.6 Å². The van der Waals surface area contributed by atoms with Crippen LogP contribution in [0.4, 0.5) is 26.7 Å². The lowest BCUT2D eigenvalue weighted by Crippen LogP contribution is -2.45. The molecule has 0 atom stereocenters. The number of benzene rings is 3. The zero-order valence-corrected chi connectivity index (χ0v) is 27.4. The lowest BCUT2D eigenvalue weighted by Gasteiger charge is -2.21. The van der Waals surface area contributed by atoms with Gasteiger partial charge in [-0.15, -0.1) is 4.99 Å². The lowest BCUT2D eigenvalue weighted by molar-refractivity contribution is 0.0560. The van der Waals surface area contributed by atoms with Gasteiger partial charge < -0.3 is 25.4 Å². The standard InChI is InChI=1S/C33H39Cl2N5O4/c1-32(2,3)43-30(41)39-29(40-31(42)44-33(4,5)6)37-16-15-36-28-19-27-22(12-11-20-9-7-8-10-26(20)38-27)17-23(28)21-13-14-24(34)25(35)18-21/h7-10,13-14,17-19,36,38H,11-12,15-16H2,1-6H3,(H2,37,39,40,41,42). The van der Waals surface area contributed by atoms with Crippen LogP contribution in [0.2, 0.25) is 10.0 Å². The molecule has 2 amide bonds. The number of aryl methyl sites for hydroxylation is 2. The van der Waals surface area contributed by atoms with Crippen LogP contribution in [0.1, 0.15) is 52.7 Å². The number of guanidine groups is 1. The first kappa shape index (κ1) is 33.0. The molecule has 0 fully saturated rings. The number of hydrogen-bond acceptors (Lipinski definition) is 6. The Kier molecular flexibility index (Phi) is 10.3. The average Bonchev–Trinajstić information content (AvgIpc) is 3.08. The molecule has 9 nitrogen and oxygen atoms in total. The van der Waals surface area contributed by atoms with E-state index in [1.54, 1.807) is 47.6 Å². The highest BCUT2D eigenvalue weighted by atomic mass is 35.5. The number of alkyl carbamates (subject to hydrolysis) is 1. The number of carbonyl (C=O) groups excluding carboxylic acids is 2. The largest absolute Gasteiger partial charge is 0.444 e. The number of para-hydroxylation sites is 1. The van der Waals surface area contributed by atoms with Crippen LogP contribution >= 0.6 is 23.2 Å². The summed E-state index contributed by atoms with van der Waals surface area (Å²) in [5, 5.41) is 13.5. The van der Waals surface area contributed by atoms with Gasteiger partial charge in [0, 0.05) is 35.7 Å². The van der Waals surface area contributed by atoms with E-state index in [-0.39, 0.29) is 5.96 Å². The molecular weight excluding hydrogens is 601 g/mol. The molecular formula is C33H39Cl2N5O4. The number of carbonyl (C=O) groups is 2. The summed E-state index contributed by atoms with van der Waals surface area (Å²) < 4.78 is 10.6. The Morgan fingerprint density at radius 3 is 2.25 bits per heavy atom. The van der Waals surface area contributed by atoms with Crippen LogP contribution in [0.5, 0.6) is 0 Å². The van der Waals surface area contributed by atoms with Gasteiger partial charge in [-0.05, 0) is 101 Å². The Morgan fingerprint density at radius 2 is 1.55 bits per heavy atom. The molecule has 0 spiro atoms. The summed E-state index contributed by atoms with van der Waals surface area (Å²) >= 11 is 12.6. The van der Waals surface area contributed by atoms with Crippen LogP contribution in [0.15, 0.2) is 59.6 Å². The molecule has 44 heavy (non-hydrogen) atoms. The van der Waals surface area contributed by atoms with Gasteiger partial charge in [-0.2, -0.15) is 0 Å². The number of amides is 2. The Hall–Kier alpha value is -3.95. The molecule has 1 aliphatic rings. The molecule has 1 aliphatic heterocycles. The molecule has 3 aromatic carbocycles. The van der Waals surface area contributed by atoms with E-state index < -0.39 is 23.4 Å². The van der Waals surface area contributed by atoms with Crippen LogP contribution in [0.25, 0.3) is 11.1 Å². The smallest absolute Gasteiger partial charge is 0.437 e. The van der Waals surface area contributed by atoms with E-state index in [0.29, 0.717) is 23.1 Å². The summed E-state index contributed by atoms with van der Waals surface area (Å²) in [6.07, 6.45) is 0.191. The number of ether oxygens (including phenoxy) is 2. The van der Waals surface area contributed by atoms with Gasteiger partial charge in [0.25, 0.3) is 0 Å². The first-order valence-electron chi connectivity index (χ1n) is 14.4. The second kappa shape index (κ2) is 13.8. The molecule has 3 aromatic rings. The van der Waals surface area contributed by atoms with Crippen molar-refractivity contribution in [1.82, 2.24) is 10.6 Å². The second-order valence-electron chi connectivity index (χ2n) is 12.4. The number of fused-ring (bicyclic) bond motifs is 2. The summed E-state index contributed by atoms with van der Waals surface area (Å²) in [7, 11) is 0. The van der Waals surface area contributed by atoms with Gasteiger partial charge in [-0.1, -0.05) is 47.5 Å². The van der Waals surface area contributed by atoms with Crippen LogP contribution in [0, 0.1) is 0 Å². The maximum atomic E-state index is 12.4. The maximum Gasteiger partial charge on any atom is 0.437 e. The molecule has 4 N–H and O–H groups in total. The number of rotatable bonds is 5.